The van der Waals surface area contributed by atoms with Gasteiger partial charge in [0.15, 0.2) is 0 Å². The van der Waals surface area contributed by atoms with Crippen LogP contribution in [0.1, 0.15) is 23.0 Å². The zero-order chi connectivity index (χ0) is 19.5. The molecule has 0 aliphatic carbocycles. The van der Waals surface area contributed by atoms with E-state index in [9.17, 15) is 8.78 Å². The number of hydrogen-bond acceptors (Lipinski definition) is 4. The van der Waals surface area contributed by atoms with Crippen LogP contribution in [0.4, 0.5) is 8.78 Å². The van der Waals surface area contributed by atoms with Gasteiger partial charge in [0.2, 0.25) is 0 Å². The van der Waals surface area contributed by atoms with Crippen molar-refractivity contribution < 1.29 is 13.5 Å². The summed E-state index contributed by atoms with van der Waals surface area (Å²) in [4.78, 5) is 9.78. The molecule has 5 nitrogen and oxygen atoms in total. The molecule has 1 saturated heterocycles. The molecular weight excluding hydrogens is 362 g/mol. The molecule has 4 rings (SSSR count). The van der Waals surface area contributed by atoms with Gasteiger partial charge in [0.25, 0.3) is 0 Å². The Hall–Kier alpha value is -3.08. The highest BCUT2D eigenvalue weighted by Crippen LogP contribution is 2.28. The van der Waals surface area contributed by atoms with E-state index in [1.54, 1.807) is 12.3 Å². The van der Waals surface area contributed by atoms with Gasteiger partial charge in [-0.25, -0.2) is 13.8 Å². The molecule has 142 valence electrons. The van der Waals surface area contributed by atoms with Crippen LogP contribution in [0.3, 0.4) is 0 Å². The summed E-state index contributed by atoms with van der Waals surface area (Å²) >= 11 is 0. The highest BCUT2D eigenvalue weighted by Gasteiger charge is 2.27. The van der Waals surface area contributed by atoms with Gasteiger partial charge in [-0.2, -0.15) is 5.26 Å². The van der Waals surface area contributed by atoms with E-state index in [1.165, 1.54) is 12.1 Å². The van der Waals surface area contributed by atoms with Crippen LogP contribution < -0.4 is 0 Å². The smallest absolute Gasteiger partial charge is 0.135 e. The number of nitrogens with one attached hydrogen (secondary N) is 1. The molecule has 0 saturated carbocycles. The maximum Gasteiger partial charge on any atom is 0.135 e. The molecule has 1 fully saturated rings. The van der Waals surface area contributed by atoms with E-state index in [4.69, 9.17) is 10.00 Å². The largest absolute Gasteiger partial charge is 0.378 e. The third kappa shape index (κ3) is 3.79. The first-order valence-electron chi connectivity index (χ1n) is 8.95. The number of aromatic nitrogens is 2. The first-order chi connectivity index (χ1) is 13.6. The zero-order valence-electron chi connectivity index (χ0n) is 15.0. The van der Waals surface area contributed by atoms with Crippen molar-refractivity contribution in [3.8, 4) is 17.3 Å². The van der Waals surface area contributed by atoms with E-state index in [0.29, 0.717) is 43.4 Å². The minimum atomic E-state index is -0.639. The van der Waals surface area contributed by atoms with Gasteiger partial charge in [-0.15, -0.1) is 0 Å². The summed E-state index contributed by atoms with van der Waals surface area (Å²) in [6.45, 7) is 2.41. The monoisotopic (exact) mass is 380 g/mol. The van der Waals surface area contributed by atoms with Gasteiger partial charge in [0.1, 0.15) is 17.5 Å². The maximum absolute atomic E-state index is 14.1. The molecule has 0 bridgehead atoms. The first kappa shape index (κ1) is 18.3. The van der Waals surface area contributed by atoms with Crippen LogP contribution in [0.2, 0.25) is 0 Å². The number of aromatic amines is 1. The predicted octanol–water partition coefficient (Wildman–Crippen LogP) is 3.80. The van der Waals surface area contributed by atoms with Crippen LogP contribution in [0.5, 0.6) is 0 Å². The molecule has 1 atom stereocenters. The van der Waals surface area contributed by atoms with Crippen molar-refractivity contribution in [3.63, 3.8) is 0 Å². The second kappa shape index (κ2) is 7.89. The average Bonchev–Trinajstić information content (AvgIpc) is 3.18. The zero-order valence-corrected chi connectivity index (χ0v) is 15.0. The third-order valence-corrected chi connectivity index (χ3v) is 4.81. The van der Waals surface area contributed by atoms with Crippen LogP contribution in [0.25, 0.3) is 11.3 Å². The van der Waals surface area contributed by atoms with Crippen LogP contribution in [0, 0.1) is 23.0 Å². The number of benzene rings is 2. The lowest BCUT2D eigenvalue weighted by Crippen LogP contribution is -2.39. The number of nitrogens with zero attached hydrogens (tertiary/aromatic N) is 3. The number of H-pyrrole nitrogens is 1. The summed E-state index contributed by atoms with van der Waals surface area (Å²) in [5.41, 5.74) is 2.41. The quantitative estimate of drug-likeness (QED) is 0.748. The van der Waals surface area contributed by atoms with Crippen LogP contribution >= 0.6 is 0 Å². The maximum atomic E-state index is 14.1. The molecule has 0 unspecified atom stereocenters. The normalized spacial score (nSPS) is 17.4. The van der Waals surface area contributed by atoms with Gasteiger partial charge in [-0.3, -0.25) is 4.90 Å². The molecule has 1 aliphatic rings. The Morgan fingerprint density at radius 1 is 1.25 bits per heavy atom. The predicted molar refractivity (Wildman–Crippen MR) is 99.1 cm³/mol. The highest BCUT2D eigenvalue weighted by molar-refractivity contribution is 5.59. The highest BCUT2D eigenvalue weighted by atomic mass is 19.1. The lowest BCUT2D eigenvalue weighted by atomic mass is 10.1. The van der Waals surface area contributed by atoms with E-state index in [2.05, 4.69) is 20.9 Å². The van der Waals surface area contributed by atoms with Crippen molar-refractivity contribution in [1.82, 2.24) is 14.9 Å². The standard InChI is InChI=1S/C21H18F2N4O/c22-16-4-5-17(18(23)9-16)19-11-25-21(26-19)20-13-28-7-6-27(20)12-15-3-1-2-14(8-15)10-24/h1-5,8-9,11,20H,6-7,12-13H2,(H,25,26)/t20-/m0/s1. The Kier molecular flexibility index (Phi) is 5.15. The second-order valence-corrected chi connectivity index (χ2v) is 6.68. The Morgan fingerprint density at radius 3 is 2.96 bits per heavy atom. The fourth-order valence-electron chi connectivity index (χ4n) is 3.40. The molecule has 0 radical (unpaired) electrons. The van der Waals surface area contributed by atoms with Gasteiger partial charge in [0, 0.05) is 24.7 Å². The van der Waals surface area contributed by atoms with Crippen molar-refractivity contribution in [2.75, 3.05) is 19.8 Å². The summed E-state index contributed by atoms with van der Waals surface area (Å²) in [5, 5.41) is 9.10. The molecule has 3 aromatic rings. The van der Waals surface area contributed by atoms with Crippen molar-refractivity contribution >= 4 is 0 Å². The minimum Gasteiger partial charge on any atom is -0.378 e. The Labute approximate surface area is 161 Å². The van der Waals surface area contributed by atoms with E-state index >= 15 is 0 Å². The van der Waals surface area contributed by atoms with Crippen LogP contribution in [-0.2, 0) is 11.3 Å². The molecule has 0 amide bonds. The van der Waals surface area contributed by atoms with Crippen LogP contribution in [0.15, 0.2) is 48.7 Å². The summed E-state index contributed by atoms with van der Waals surface area (Å²) < 4.78 is 32.9. The molecular formula is C21H18F2N4O. The first-order valence-corrected chi connectivity index (χ1v) is 8.95. The van der Waals surface area contributed by atoms with Gasteiger partial charge in [-0.1, -0.05) is 12.1 Å². The SMILES string of the molecule is N#Cc1cccc(CN2CCOC[C@H]2c2ncc(-c3ccc(F)cc3F)[nH]2)c1. The Morgan fingerprint density at radius 2 is 2.14 bits per heavy atom. The Bertz CT molecular complexity index is 1030. The summed E-state index contributed by atoms with van der Waals surface area (Å²) in [7, 11) is 0. The van der Waals surface area contributed by atoms with E-state index in [0.717, 1.165) is 11.6 Å². The Balaban J connectivity index is 1.58. The van der Waals surface area contributed by atoms with Gasteiger partial charge in [-0.05, 0) is 29.8 Å². The molecule has 1 aromatic heterocycles. The number of halogens is 2. The lowest BCUT2D eigenvalue weighted by molar-refractivity contribution is -0.0156. The minimum absolute atomic E-state index is 0.128. The molecule has 2 aromatic carbocycles. The molecule has 7 heteroatoms. The van der Waals surface area contributed by atoms with E-state index < -0.39 is 11.6 Å². The van der Waals surface area contributed by atoms with Crippen molar-refractivity contribution in [3.05, 3.63) is 77.2 Å². The number of imidazole rings is 1. The van der Waals surface area contributed by atoms with Gasteiger partial charge < -0.3 is 9.72 Å². The third-order valence-electron chi connectivity index (χ3n) is 4.81. The lowest BCUT2D eigenvalue weighted by Gasteiger charge is -2.34. The average molecular weight is 380 g/mol. The molecule has 2 heterocycles. The fourth-order valence-corrected chi connectivity index (χ4v) is 3.40. The van der Waals surface area contributed by atoms with Crippen molar-refractivity contribution in [2.45, 2.75) is 12.6 Å². The van der Waals surface area contributed by atoms with E-state index in [1.807, 2.05) is 18.2 Å². The number of ether oxygens (including phenoxy) is 1. The number of hydrogen-bond donors (Lipinski definition) is 1. The topological polar surface area (TPSA) is 64.9 Å². The molecule has 1 N–H and O–H groups in total. The summed E-state index contributed by atoms with van der Waals surface area (Å²) in [6.07, 6.45) is 1.55. The van der Waals surface area contributed by atoms with Crippen molar-refractivity contribution in [1.29, 1.82) is 5.26 Å². The number of morpholine rings is 1. The van der Waals surface area contributed by atoms with E-state index in [-0.39, 0.29) is 11.6 Å². The van der Waals surface area contributed by atoms with Gasteiger partial charge in [0.05, 0.1) is 42.8 Å². The van der Waals surface area contributed by atoms with Crippen LogP contribution in [-0.4, -0.2) is 34.6 Å². The molecule has 28 heavy (non-hydrogen) atoms. The molecule has 0 spiro atoms. The summed E-state index contributed by atoms with van der Waals surface area (Å²) in [6, 6.07) is 13.0. The number of rotatable bonds is 4. The fraction of sp³-hybridized carbons (Fsp3) is 0.238. The summed E-state index contributed by atoms with van der Waals surface area (Å²) in [5.74, 6) is -0.595. The molecule has 1 aliphatic heterocycles. The van der Waals surface area contributed by atoms with Crippen molar-refractivity contribution in [2.24, 2.45) is 0 Å². The van der Waals surface area contributed by atoms with Gasteiger partial charge >= 0.3 is 0 Å². The number of nitriles is 1. The second-order valence-electron chi connectivity index (χ2n) is 6.68.